The summed E-state index contributed by atoms with van der Waals surface area (Å²) in [6, 6.07) is 3.28. The Morgan fingerprint density at radius 2 is 2.38 bits per heavy atom. The normalized spacial score (nSPS) is 17.6. The highest BCUT2D eigenvalue weighted by atomic mass is 32.1. The van der Waals surface area contributed by atoms with Crippen LogP contribution in [0.1, 0.15) is 24.0 Å². The van der Waals surface area contributed by atoms with Crippen molar-refractivity contribution in [3.05, 3.63) is 40.2 Å². The fourth-order valence-corrected chi connectivity index (χ4v) is 3.78. The molecule has 0 amide bonds. The molecule has 26 heavy (non-hydrogen) atoms. The summed E-state index contributed by atoms with van der Waals surface area (Å²) < 4.78 is 13.9. The summed E-state index contributed by atoms with van der Waals surface area (Å²) in [5, 5.41) is 10.0. The van der Waals surface area contributed by atoms with Crippen LogP contribution in [0.2, 0.25) is 0 Å². The van der Waals surface area contributed by atoms with Gasteiger partial charge in [-0.15, -0.1) is 11.3 Å². The van der Waals surface area contributed by atoms with Crippen LogP contribution in [0.25, 0.3) is 0 Å². The molecule has 6 nitrogen and oxygen atoms in total. The fraction of sp³-hybridized carbons (Fsp3) is 0.500. The van der Waals surface area contributed by atoms with Gasteiger partial charge in [-0.1, -0.05) is 6.92 Å². The predicted molar refractivity (Wildman–Crippen MR) is 105 cm³/mol. The molecule has 0 spiro atoms. The van der Waals surface area contributed by atoms with Gasteiger partial charge >= 0.3 is 0 Å². The van der Waals surface area contributed by atoms with Crippen molar-refractivity contribution in [3.8, 4) is 0 Å². The van der Waals surface area contributed by atoms with E-state index in [1.54, 1.807) is 30.6 Å². The lowest BCUT2D eigenvalue weighted by atomic mass is 10.3. The summed E-state index contributed by atoms with van der Waals surface area (Å²) >= 11 is 1.71. The maximum absolute atomic E-state index is 13.9. The number of aryl methyl sites for hydroxylation is 1. The summed E-state index contributed by atoms with van der Waals surface area (Å²) in [7, 11) is 1.76. The van der Waals surface area contributed by atoms with Gasteiger partial charge in [0.25, 0.3) is 0 Å². The second-order valence-electron chi connectivity index (χ2n) is 6.22. The summed E-state index contributed by atoms with van der Waals surface area (Å²) in [6.07, 6.45) is 4.40. The zero-order chi connectivity index (χ0) is 18.4. The molecule has 3 heterocycles. The highest BCUT2D eigenvalue weighted by molar-refractivity contribution is 7.09. The SMILES string of the molecule is CCc1nc(CCNC(=NC)NC2CCN(c3ncccc3F)C2)cs1. The minimum absolute atomic E-state index is 0.216. The molecule has 1 saturated heterocycles. The van der Waals surface area contributed by atoms with Gasteiger partial charge in [0, 0.05) is 50.7 Å². The Bertz CT molecular complexity index is 747. The molecule has 8 heteroatoms. The molecule has 0 saturated carbocycles. The summed E-state index contributed by atoms with van der Waals surface area (Å²) in [4.78, 5) is 15.0. The summed E-state index contributed by atoms with van der Waals surface area (Å²) in [5.41, 5.74) is 1.12. The van der Waals surface area contributed by atoms with Crippen molar-refractivity contribution in [2.75, 3.05) is 31.6 Å². The van der Waals surface area contributed by atoms with Crippen LogP contribution < -0.4 is 15.5 Å². The number of guanidine groups is 1. The lowest BCUT2D eigenvalue weighted by Crippen LogP contribution is -2.45. The number of rotatable bonds is 6. The molecular weight excluding hydrogens is 351 g/mol. The van der Waals surface area contributed by atoms with Gasteiger partial charge in [0.15, 0.2) is 17.6 Å². The van der Waals surface area contributed by atoms with Crippen LogP contribution in [0.5, 0.6) is 0 Å². The summed E-state index contributed by atoms with van der Waals surface area (Å²) in [5.74, 6) is 0.921. The van der Waals surface area contributed by atoms with Crippen molar-refractivity contribution >= 4 is 23.1 Å². The molecule has 1 aliphatic rings. The first-order valence-electron chi connectivity index (χ1n) is 8.95. The maximum Gasteiger partial charge on any atom is 0.191 e. The van der Waals surface area contributed by atoms with Gasteiger partial charge in [-0.25, -0.2) is 14.4 Å². The van der Waals surface area contributed by atoms with Gasteiger partial charge in [0.1, 0.15) is 0 Å². The fourth-order valence-electron chi connectivity index (χ4n) is 3.00. The molecule has 1 fully saturated rings. The van der Waals surface area contributed by atoms with Crippen molar-refractivity contribution in [1.82, 2.24) is 20.6 Å². The van der Waals surface area contributed by atoms with Crippen LogP contribution >= 0.6 is 11.3 Å². The Hall–Kier alpha value is -2.22. The molecule has 2 aromatic heterocycles. The van der Waals surface area contributed by atoms with Crippen LogP contribution in [0.15, 0.2) is 28.7 Å². The zero-order valence-electron chi connectivity index (χ0n) is 15.2. The third-order valence-electron chi connectivity index (χ3n) is 4.37. The van der Waals surface area contributed by atoms with Crippen molar-refractivity contribution in [2.45, 2.75) is 32.2 Å². The Labute approximate surface area is 157 Å². The Balaban J connectivity index is 1.46. The Morgan fingerprint density at radius 3 is 3.12 bits per heavy atom. The van der Waals surface area contributed by atoms with E-state index in [9.17, 15) is 4.39 Å². The number of nitrogens with one attached hydrogen (secondary N) is 2. The standard InChI is InChI=1S/C18H25FN6S/c1-3-16-23-14(12-26-16)6-9-22-18(20-2)24-13-7-10-25(11-13)17-15(19)5-4-8-21-17/h4-5,8,12-13H,3,6-7,9-11H2,1-2H3,(H2,20,22,24). The molecule has 2 aromatic rings. The average molecular weight is 377 g/mol. The summed E-state index contributed by atoms with van der Waals surface area (Å²) in [6.45, 7) is 4.38. The van der Waals surface area contributed by atoms with E-state index < -0.39 is 0 Å². The van der Waals surface area contributed by atoms with Gasteiger partial charge in [0.05, 0.1) is 10.7 Å². The van der Waals surface area contributed by atoms with E-state index in [0.29, 0.717) is 12.4 Å². The zero-order valence-corrected chi connectivity index (χ0v) is 16.0. The number of hydrogen-bond acceptors (Lipinski definition) is 5. The Kier molecular flexibility index (Phi) is 6.38. The number of nitrogens with zero attached hydrogens (tertiary/aromatic N) is 4. The largest absolute Gasteiger partial charge is 0.356 e. The molecule has 0 aromatic carbocycles. The molecule has 0 bridgehead atoms. The van der Waals surface area contributed by atoms with Gasteiger partial charge in [-0.2, -0.15) is 0 Å². The molecule has 3 rings (SSSR count). The van der Waals surface area contributed by atoms with Crippen LogP contribution in [-0.4, -0.2) is 48.7 Å². The highest BCUT2D eigenvalue weighted by Crippen LogP contribution is 2.20. The lowest BCUT2D eigenvalue weighted by Gasteiger charge is -2.19. The number of aliphatic imine (C=N–C) groups is 1. The van der Waals surface area contributed by atoms with E-state index in [2.05, 4.69) is 37.9 Å². The monoisotopic (exact) mass is 376 g/mol. The van der Waals surface area contributed by atoms with Crippen molar-refractivity contribution in [1.29, 1.82) is 0 Å². The Morgan fingerprint density at radius 1 is 1.50 bits per heavy atom. The number of anilines is 1. The number of aromatic nitrogens is 2. The smallest absolute Gasteiger partial charge is 0.191 e. The van der Waals surface area contributed by atoms with Gasteiger partial charge in [0.2, 0.25) is 0 Å². The molecular formula is C18H25FN6S. The van der Waals surface area contributed by atoms with Crippen molar-refractivity contribution < 1.29 is 4.39 Å². The maximum atomic E-state index is 13.9. The third-order valence-corrected chi connectivity index (χ3v) is 5.41. The lowest BCUT2D eigenvalue weighted by molar-refractivity contribution is 0.612. The predicted octanol–water partition coefficient (Wildman–Crippen LogP) is 2.23. The van der Waals surface area contributed by atoms with Gasteiger partial charge < -0.3 is 15.5 Å². The molecule has 1 atom stereocenters. The molecule has 1 unspecified atom stereocenters. The van der Waals surface area contributed by atoms with E-state index in [1.165, 1.54) is 11.1 Å². The van der Waals surface area contributed by atoms with Gasteiger partial charge in [-0.05, 0) is 25.0 Å². The molecule has 140 valence electrons. The number of pyridine rings is 1. The minimum Gasteiger partial charge on any atom is -0.356 e. The molecule has 1 aliphatic heterocycles. The van der Waals surface area contributed by atoms with Crippen LogP contribution in [0.3, 0.4) is 0 Å². The highest BCUT2D eigenvalue weighted by Gasteiger charge is 2.25. The molecule has 0 aliphatic carbocycles. The molecule has 0 radical (unpaired) electrons. The van der Waals surface area contributed by atoms with E-state index in [4.69, 9.17) is 0 Å². The van der Waals surface area contributed by atoms with Gasteiger partial charge in [-0.3, -0.25) is 4.99 Å². The van der Waals surface area contributed by atoms with Crippen molar-refractivity contribution in [3.63, 3.8) is 0 Å². The van der Waals surface area contributed by atoms with E-state index in [0.717, 1.165) is 44.0 Å². The van der Waals surface area contributed by atoms with Crippen LogP contribution in [0.4, 0.5) is 10.2 Å². The topological polar surface area (TPSA) is 65.4 Å². The van der Waals surface area contributed by atoms with Crippen LogP contribution in [-0.2, 0) is 12.8 Å². The molecule has 2 N–H and O–H groups in total. The first-order valence-corrected chi connectivity index (χ1v) is 9.83. The quantitative estimate of drug-likeness (QED) is 0.598. The number of thiazole rings is 1. The first kappa shape index (κ1) is 18.6. The van der Waals surface area contributed by atoms with Crippen molar-refractivity contribution in [2.24, 2.45) is 4.99 Å². The van der Waals surface area contributed by atoms with Crippen LogP contribution in [0, 0.1) is 5.82 Å². The number of hydrogen-bond donors (Lipinski definition) is 2. The number of halogens is 1. The second-order valence-corrected chi connectivity index (χ2v) is 7.16. The van der Waals surface area contributed by atoms with E-state index in [1.807, 2.05) is 4.90 Å². The van der Waals surface area contributed by atoms with E-state index in [-0.39, 0.29) is 11.9 Å². The second kappa shape index (κ2) is 8.93. The average Bonchev–Trinajstić information content (AvgIpc) is 3.30. The third kappa shape index (κ3) is 4.69. The first-order chi connectivity index (χ1) is 12.7. The minimum atomic E-state index is -0.273. The van der Waals surface area contributed by atoms with E-state index >= 15 is 0 Å².